The molecule has 82 valence electrons. The van der Waals surface area contributed by atoms with E-state index in [0.717, 1.165) is 10.9 Å². The van der Waals surface area contributed by atoms with E-state index in [1.54, 1.807) is 24.3 Å². The van der Waals surface area contributed by atoms with Gasteiger partial charge in [0.25, 0.3) is 0 Å². The van der Waals surface area contributed by atoms with E-state index in [4.69, 9.17) is 0 Å². The minimum Gasteiger partial charge on any atom is -0.409 e. The molecule has 0 N–H and O–H groups in total. The number of hydrogen-bond acceptors (Lipinski definition) is 4. The first kappa shape index (κ1) is 10.2. The van der Waals surface area contributed by atoms with Gasteiger partial charge in [-0.1, -0.05) is 22.9 Å². The number of benzene rings is 1. The van der Waals surface area contributed by atoms with Crippen LogP contribution in [0.2, 0.25) is 0 Å². The van der Waals surface area contributed by atoms with Crippen molar-refractivity contribution in [3.8, 4) is 5.69 Å². The quantitative estimate of drug-likeness (QED) is 0.680. The number of hydrogen-bond donors (Lipinski definition) is 0. The van der Waals surface area contributed by atoms with Crippen LogP contribution < -0.4 is 16.1 Å². The molecule has 0 bridgehead atoms. The van der Waals surface area contributed by atoms with E-state index in [9.17, 15) is 9.59 Å². The van der Waals surface area contributed by atoms with Crippen LogP contribution in [0.4, 0.5) is 0 Å². The fourth-order valence-corrected chi connectivity index (χ4v) is 1.30. The second kappa shape index (κ2) is 4.01. The number of rotatable bonds is 2. The topological polar surface area (TPSA) is 66.1 Å². The van der Waals surface area contributed by atoms with Gasteiger partial charge in [-0.2, -0.15) is 9.78 Å². The molecule has 16 heavy (non-hydrogen) atoms. The third kappa shape index (κ3) is 1.60. The SMILES string of the molecule is COn1c(=O)cnn(-c2ccccc2)c1=O. The molecule has 0 aliphatic rings. The summed E-state index contributed by atoms with van der Waals surface area (Å²) in [4.78, 5) is 27.6. The van der Waals surface area contributed by atoms with Crippen molar-refractivity contribution in [2.75, 3.05) is 7.11 Å². The molecule has 1 aromatic heterocycles. The predicted octanol–water partition coefficient (Wildman–Crippen LogP) is -0.547. The molecule has 0 saturated carbocycles. The summed E-state index contributed by atoms with van der Waals surface area (Å²) < 4.78 is 1.73. The predicted molar refractivity (Wildman–Crippen MR) is 56.6 cm³/mol. The van der Waals surface area contributed by atoms with Crippen LogP contribution in [-0.2, 0) is 0 Å². The van der Waals surface area contributed by atoms with Crippen molar-refractivity contribution in [3.05, 3.63) is 57.4 Å². The second-order valence-corrected chi connectivity index (χ2v) is 2.99. The molecular formula is C10H9N3O3. The van der Waals surface area contributed by atoms with Crippen LogP contribution in [0, 0.1) is 0 Å². The highest BCUT2D eigenvalue weighted by atomic mass is 16.7. The highest BCUT2D eigenvalue weighted by Crippen LogP contribution is 1.99. The van der Waals surface area contributed by atoms with Gasteiger partial charge in [0.2, 0.25) is 0 Å². The highest BCUT2D eigenvalue weighted by Gasteiger charge is 2.07. The Morgan fingerprint density at radius 1 is 1.19 bits per heavy atom. The van der Waals surface area contributed by atoms with Crippen molar-refractivity contribution in [1.82, 2.24) is 14.5 Å². The highest BCUT2D eigenvalue weighted by molar-refractivity contribution is 5.28. The van der Waals surface area contributed by atoms with Gasteiger partial charge in [0.05, 0.1) is 5.69 Å². The van der Waals surface area contributed by atoms with Crippen LogP contribution in [-0.4, -0.2) is 21.6 Å². The van der Waals surface area contributed by atoms with Crippen LogP contribution in [0.15, 0.2) is 46.1 Å². The van der Waals surface area contributed by atoms with E-state index in [2.05, 4.69) is 9.94 Å². The van der Waals surface area contributed by atoms with E-state index in [1.807, 2.05) is 6.07 Å². The first-order valence-electron chi connectivity index (χ1n) is 4.55. The molecule has 0 amide bonds. The first-order chi connectivity index (χ1) is 7.74. The maximum atomic E-state index is 11.8. The molecule has 0 atom stereocenters. The van der Waals surface area contributed by atoms with Crippen molar-refractivity contribution in [1.29, 1.82) is 0 Å². The zero-order chi connectivity index (χ0) is 11.5. The molecule has 6 heteroatoms. The van der Waals surface area contributed by atoms with Crippen molar-refractivity contribution in [2.45, 2.75) is 0 Å². The summed E-state index contributed by atoms with van der Waals surface area (Å²) in [5, 5.41) is 3.75. The van der Waals surface area contributed by atoms with Gasteiger partial charge in [-0.25, -0.2) is 4.79 Å². The van der Waals surface area contributed by atoms with Gasteiger partial charge >= 0.3 is 11.2 Å². The second-order valence-electron chi connectivity index (χ2n) is 2.99. The molecule has 0 fully saturated rings. The van der Waals surface area contributed by atoms with Crippen molar-refractivity contribution in [3.63, 3.8) is 0 Å². The van der Waals surface area contributed by atoms with Crippen LogP contribution >= 0.6 is 0 Å². The lowest BCUT2D eigenvalue weighted by Crippen LogP contribution is -2.42. The molecule has 6 nitrogen and oxygen atoms in total. The van der Waals surface area contributed by atoms with Gasteiger partial charge in [-0.15, -0.1) is 0 Å². The molecule has 0 saturated heterocycles. The molecule has 1 aromatic carbocycles. The van der Waals surface area contributed by atoms with E-state index >= 15 is 0 Å². The Morgan fingerprint density at radius 3 is 2.50 bits per heavy atom. The third-order valence-corrected chi connectivity index (χ3v) is 2.02. The van der Waals surface area contributed by atoms with Gasteiger partial charge in [-0.3, -0.25) is 4.79 Å². The van der Waals surface area contributed by atoms with Crippen molar-refractivity contribution >= 4 is 0 Å². The maximum absolute atomic E-state index is 11.8. The lowest BCUT2D eigenvalue weighted by Gasteiger charge is -2.06. The van der Waals surface area contributed by atoms with E-state index in [-0.39, 0.29) is 0 Å². The van der Waals surface area contributed by atoms with Gasteiger partial charge in [0, 0.05) is 0 Å². The van der Waals surface area contributed by atoms with Gasteiger partial charge in [-0.05, 0) is 12.1 Å². The molecule has 2 aromatic rings. The zero-order valence-corrected chi connectivity index (χ0v) is 8.53. The summed E-state index contributed by atoms with van der Waals surface area (Å²) in [7, 11) is 1.25. The zero-order valence-electron chi connectivity index (χ0n) is 8.53. The monoisotopic (exact) mass is 219 g/mol. The Kier molecular flexibility index (Phi) is 2.55. The molecule has 2 rings (SSSR count). The maximum Gasteiger partial charge on any atom is 0.385 e. The largest absolute Gasteiger partial charge is 0.409 e. The Bertz CT molecular complexity index is 601. The first-order valence-corrected chi connectivity index (χ1v) is 4.55. The summed E-state index contributed by atoms with van der Waals surface area (Å²) in [5.41, 5.74) is -0.667. The van der Waals surface area contributed by atoms with E-state index in [0.29, 0.717) is 10.4 Å². The summed E-state index contributed by atoms with van der Waals surface area (Å²) in [5.74, 6) is 0. The number of aromatic nitrogens is 3. The molecule has 0 spiro atoms. The Hall–Kier alpha value is -2.37. The molecule has 0 aliphatic carbocycles. The molecule has 1 heterocycles. The lowest BCUT2D eigenvalue weighted by molar-refractivity contribution is 0.139. The molecule has 0 aliphatic heterocycles. The van der Waals surface area contributed by atoms with Crippen LogP contribution in [0.25, 0.3) is 5.69 Å². The normalized spacial score (nSPS) is 10.1. The number of para-hydroxylation sites is 1. The average Bonchev–Trinajstić information content (AvgIpc) is 2.31. The molecule has 0 unspecified atom stereocenters. The summed E-state index contributed by atoms with van der Waals surface area (Å²) in [6.07, 6.45) is 1.03. The molecule has 0 radical (unpaired) electrons. The lowest BCUT2D eigenvalue weighted by atomic mass is 10.3. The number of nitrogens with zero attached hydrogens (tertiary/aromatic N) is 3. The van der Waals surface area contributed by atoms with E-state index in [1.165, 1.54) is 7.11 Å². The van der Waals surface area contributed by atoms with Crippen molar-refractivity contribution < 1.29 is 4.84 Å². The Balaban J connectivity index is 2.69. The summed E-state index contributed by atoms with van der Waals surface area (Å²) >= 11 is 0. The average molecular weight is 219 g/mol. The van der Waals surface area contributed by atoms with Crippen LogP contribution in [0.1, 0.15) is 0 Å². The fraction of sp³-hybridized carbons (Fsp3) is 0.100. The van der Waals surface area contributed by atoms with Gasteiger partial charge < -0.3 is 4.84 Å². The minimum atomic E-state index is -0.638. The molecular weight excluding hydrogens is 210 g/mol. The Labute approximate surface area is 90.3 Å². The Morgan fingerprint density at radius 2 is 1.88 bits per heavy atom. The van der Waals surface area contributed by atoms with E-state index < -0.39 is 11.2 Å². The van der Waals surface area contributed by atoms with Crippen LogP contribution in [0.3, 0.4) is 0 Å². The smallest absolute Gasteiger partial charge is 0.385 e. The van der Waals surface area contributed by atoms with Gasteiger partial charge in [0.15, 0.2) is 0 Å². The summed E-state index contributed by atoms with van der Waals surface area (Å²) in [6.45, 7) is 0. The minimum absolute atomic E-state index is 0.568. The standard InChI is InChI=1S/C10H9N3O3/c1-16-13-9(14)7-11-12(10(13)15)8-5-3-2-4-6-8/h2-7H,1H3. The summed E-state index contributed by atoms with van der Waals surface area (Å²) in [6, 6.07) is 8.77. The third-order valence-electron chi connectivity index (χ3n) is 2.02. The van der Waals surface area contributed by atoms with Crippen LogP contribution in [0.5, 0.6) is 0 Å². The van der Waals surface area contributed by atoms with Gasteiger partial charge in [0.1, 0.15) is 13.3 Å². The fourth-order valence-electron chi connectivity index (χ4n) is 1.30. The van der Waals surface area contributed by atoms with Crippen molar-refractivity contribution in [2.24, 2.45) is 0 Å².